The minimum absolute atomic E-state index is 0.0942. The number of rotatable bonds is 4. The molecule has 0 amide bonds. The van der Waals surface area contributed by atoms with Crippen LogP contribution < -0.4 is 0 Å². The maximum atomic E-state index is 12.5. The van der Waals surface area contributed by atoms with Crippen LogP contribution in [0.25, 0.3) is 33.3 Å². The first-order valence-electron chi connectivity index (χ1n) is 11.7. The molecule has 0 saturated heterocycles. The number of benzene rings is 3. The SMILES string of the molecule is CCC(C)(C)C1CC(=Cc2cccc3ccccc23)c2nc3ccccc3c(C(=O)O)c2C1. The maximum absolute atomic E-state index is 12.5. The Morgan fingerprint density at radius 1 is 1.00 bits per heavy atom. The third-order valence-corrected chi connectivity index (χ3v) is 7.60. The van der Waals surface area contributed by atoms with Crippen molar-refractivity contribution in [3.05, 3.63) is 89.1 Å². The van der Waals surface area contributed by atoms with Crippen LogP contribution in [0.1, 0.15) is 60.8 Å². The molecule has 0 aliphatic heterocycles. The van der Waals surface area contributed by atoms with Gasteiger partial charge in [0.2, 0.25) is 0 Å². The Morgan fingerprint density at radius 2 is 1.70 bits per heavy atom. The van der Waals surface area contributed by atoms with Gasteiger partial charge in [0.05, 0.1) is 16.8 Å². The van der Waals surface area contributed by atoms with Gasteiger partial charge in [0.25, 0.3) is 0 Å². The van der Waals surface area contributed by atoms with Gasteiger partial charge in [-0.25, -0.2) is 9.78 Å². The highest BCUT2D eigenvalue weighted by atomic mass is 16.4. The molecule has 1 aliphatic carbocycles. The Morgan fingerprint density at radius 3 is 2.45 bits per heavy atom. The van der Waals surface area contributed by atoms with Crippen LogP contribution in [0.3, 0.4) is 0 Å². The normalized spacial score (nSPS) is 17.4. The summed E-state index contributed by atoms with van der Waals surface area (Å²) in [6.45, 7) is 6.82. The first-order chi connectivity index (χ1) is 15.9. The number of carboxylic acids is 1. The summed E-state index contributed by atoms with van der Waals surface area (Å²) in [7, 11) is 0. The number of pyridine rings is 1. The van der Waals surface area contributed by atoms with E-state index in [1.807, 2.05) is 24.3 Å². The van der Waals surface area contributed by atoms with Crippen molar-refractivity contribution in [2.45, 2.75) is 40.0 Å². The molecular weight excluding hydrogens is 406 g/mol. The largest absolute Gasteiger partial charge is 0.478 e. The molecule has 1 unspecified atom stereocenters. The number of allylic oxidation sites excluding steroid dienone is 1. The molecule has 166 valence electrons. The number of carboxylic acid groups (broad SMARTS) is 1. The van der Waals surface area contributed by atoms with E-state index in [9.17, 15) is 9.90 Å². The second-order valence-corrected chi connectivity index (χ2v) is 9.82. The molecule has 0 spiro atoms. The van der Waals surface area contributed by atoms with Gasteiger partial charge in [0.15, 0.2) is 0 Å². The summed E-state index contributed by atoms with van der Waals surface area (Å²) >= 11 is 0. The summed E-state index contributed by atoms with van der Waals surface area (Å²) in [5.74, 6) is -0.526. The van der Waals surface area contributed by atoms with Crippen molar-refractivity contribution in [3.8, 4) is 0 Å². The lowest BCUT2D eigenvalue weighted by molar-refractivity contribution is 0.0696. The van der Waals surface area contributed by atoms with Crippen molar-refractivity contribution in [2.24, 2.45) is 11.3 Å². The van der Waals surface area contributed by atoms with E-state index in [1.165, 1.54) is 10.8 Å². The van der Waals surface area contributed by atoms with Crippen LogP contribution in [0.4, 0.5) is 0 Å². The first kappa shape index (κ1) is 21.4. The summed E-state index contributed by atoms with van der Waals surface area (Å²) in [6.07, 6.45) is 4.91. The molecule has 1 aliphatic rings. The van der Waals surface area contributed by atoms with Crippen LogP contribution >= 0.6 is 0 Å². The molecule has 0 saturated carbocycles. The molecular formula is C30H29NO2. The molecule has 3 aromatic carbocycles. The fourth-order valence-corrected chi connectivity index (χ4v) is 5.17. The molecule has 33 heavy (non-hydrogen) atoms. The molecule has 3 nitrogen and oxygen atoms in total. The number of fused-ring (bicyclic) bond motifs is 3. The van der Waals surface area contributed by atoms with Crippen LogP contribution in [-0.2, 0) is 6.42 Å². The number of aromatic nitrogens is 1. The zero-order valence-electron chi connectivity index (χ0n) is 19.4. The molecule has 3 heteroatoms. The predicted octanol–water partition coefficient (Wildman–Crippen LogP) is 7.63. The predicted molar refractivity (Wildman–Crippen MR) is 136 cm³/mol. The highest BCUT2D eigenvalue weighted by molar-refractivity contribution is 6.06. The van der Waals surface area contributed by atoms with Gasteiger partial charge >= 0.3 is 5.97 Å². The van der Waals surface area contributed by atoms with Gasteiger partial charge in [-0.3, -0.25) is 0 Å². The lowest BCUT2D eigenvalue weighted by Gasteiger charge is -2.38. The average molecular weight is 436 g/mol. The highest BCUT2D eigenvalue weighted by Gasteiger charge is 2.36. The molecule has 5 rings (SSSR count). The highest BCUT2D eigenvalue weighted by Crippen LogP contribution is 2.46. The van der Waals surface area contributed by atoms with Crippen LogP contribution in [0.5, 0.6) is 0 Å². The van der Waals surface area contributed by atoms with E-state index in [-0.39, 0.29) is 5.41 Å². The van der Waals surface area contributed by atoms with Gasteiger partial charge in [-0.2, -0.15) is 0 Å². The van der Waals surface area contributed by atoms with E-state index >= 15 is 0 Å². The molecule has 0 radical (unpaired) electrons. The van der Waals surface area contributed by atoms with Crippen molar-refractivity contribution >= 4 is 39.3 Å². The maximum Gasteiger partial charge on any atom is 0.336 e. The van der Waals surface area contributed by atoms with Gasteiger partial charge in [-0.05, 0) is 63.8 Å². The van der Waals surface area contributed by atoms with E-state index in [4.69, 9.17) is 4.98 Å². The molecule has 0 fully saturated rings. The van der Waals surface area contributed by atoms with Crippen LogP contribution in [0, 0.1) is 11.3 Å². The molecule has 1 aromatic heterocycles. The Kier molecular flexibility index (Phi) is 5.28. The third-order valence-electron chi connectivity index (χ3n) is 7.60. The number of aromatic carboxylic acids is 1. The summed E-state index contributed by atoms with van der Waals surface area (Å²) in [6, 6.07) is 22.4. The molecule has 1 heterocycles. The minimum atomic E-state index is -0.871. The monoisotopic (exact) mass is 435 g/mol. The Hall–Kier alpha value is -3.46. The smallest absolute Gasteiger partial charge is 0.336 e. The standard InChI is InChI=1S/C30H29NO2/c1-4-30(2,3)22-17-21(16-20-12-9-11-19-10-5-6-13-23(19)20)28-25(18-22)27(29(32)33)24-14-7-8-15-26(24)31-28/h5-16,22H,4,17-18H2,1-3H3,(H,32,33). The van der Waals surface area contributed by atoms with Gasteiger partial charge in [-0.1, -0.05) is 87.9 Å². The van der Waals surface area contributed by atoms with Gasteiger partial charge in [0, 0.05) is 5.39 Å². The quantitative estimate of drug-likeness (QED) is 0.358. The van der Waals surface area contributed by atoms with Gasteiger partial charge < -0.3 is 5.11 Å². The van der Waals surface area contributed by atoms with Crippen molar-refractivity contribution in [1.82, 2.24) is 4.98 Å². The van der Waals surface area contributed by atoms with E-state index in [0.717, 1.165) is 52.6 Å². The summed E-state index contributed by atoms with van der Waals surface area (Å²) in [5, 5.41) is 13.4. The fourth-order valence-electron chi connectivity index (χ4n) is 5.17. The van der Waals surface area contributed by atoms with E-state index in [0.29, 0.717) is 11.5 Å². The number of carbonyl (C=O) groups is 1. The molecule has 1 N–H and O–H groups in total. The summed E-state index contributed by atoms with van der Waals surface area (Å²) < 4.78 is 0. The summed E-state index contributed by atoms with van der Waals surface area (Å²) in [5.41, 5.74) is 5.26. The number of hydrogen-bond donors (Lipinski definition) is 1. The number of nitrogens with zero attached hydrogens (tertiary/aromatic N) is 1. The first-order valence-corrected chi connectivity index (χ1v) is 11.7. The second-order valence-electron chi connectivity index (χ2n) is 9.82. The van der Waals surface area contributed by atoms with E-state index in [1.54, 1.807) is 0 Å². The Bertz CT molecular complexity index is 1410. The topological polar surface area (TPSA) is 50.2 Å². The Labute approximate surface area is 194 Å². The molecule has 0 bridgehead atoms. The second kappa shape index (κ2) is 8.15. The van der Waals surface area contributed by atoms with E-state index in [2.05, 4.69) is 69.3 Å². The van der Waals surface area contributed by atoms with Crippen LogP contribution in [0.2, 0.25) is 0 Å². The molecule has 4 aromatic rings. The van der Waals surface area contributed by atoms with Gasteiger partial charge in [0.1, 0.15) is 0 Å². The number of hydrogen-bond acceptors (Lipinski definition) is 2. The zero-order chi connectivity index (χ0) is 23.2. The van der Waals surface area contributed by atoms with Crippen LogP contribution in [0.15, 0.2) is 66.7 Å². The average Bonchev–Trinajstić information content (AvgIpc) is 2.82. The lowest BCUT2D eigenvalue weighted by atomic mass is 9.67. The third kappa shape index (κ3) is 3.72. The summed E-state index contributed by atoms with van der Waals surface area (Å²) in [4.78, 5) is 17.5. The van der Waals surface area contributed by atoms with Crippen molar-refractivity contribution in [1.29, 1.82) is 0 Å². The van der Waals surface area contributed by atoms with Gasteiger partial charge in [-0.15, -0.1) is 0 Å². The molecule has 1 atom stereocenters. The fraction of sp³-hybridized carbons (Fsp3) is 0.267. The lowest BCUT2D eigenvalue weighted by Crippen LogP contribution is -2.30. The Balaban J connectivity index is 1.80. The zero-order valence-corrected chi connectivity index (χ0v) is 19.4. The van der Waals surface area contributed by atoms with Crippen molar-refractivity contribution < 1.29 is 9.90 Å². The number of para-hydroxylation sites is 1. The van der Waals surface area contributed by atoms with Crippen molar-refractivity contribution in [3.63, 3.8) is 0 Å². The van der Waals surface area contributed by atoms with Crippen LogP contribution in [-0.4, -0.2) is 16.1 Å². The van der Waals surface area contributed by atoms with E-state index < -0.39 is 5.97 Å². The van der Waals surface area contributed by atoms with Crippen molar-refractivity contribution in [2.75, 3.05) is 0 Å². The minimum Gasteiger partial charge on any atom is -0.478 e.